The van der Waals surface area contributed by atoms with Crippen LogP contribution in [0.25, 0.3) is 22.2 Å². The number of rotatable bonds is 3. The van der Waals surface area contributed by atoms with Crippen molar-refractivity contribution in [3.05, 3.63) is 83.4 Å². The molecule has 3 aromatic heterocycles. The molecule has 0 amide bonds. The summed E-state index contributed by atoms with van der Waals surface area (Å²) in [6, 6.07) is 12.7. The minimum atomic E-state index is -0.0666. The van der Waals surface area contributed by atoms with Crippen LogP contribution >= 0.6 is 11.6 Å². The van der Waals surface area contributed by atoms with Crippen LogP contribution in [0.2, 0.25) is 5.02 Å². The minimum absolute atomic E-state index is 0.0666. The fourth-order valence-electron chi connectivity index (χ4n) is 2.64. The van der Waals surface area contributed by atoms with Crippen LogP contribution in [0.3, 0.4) is 0 Å². The molecule has 24 heavy (non-hydrogen) atoms. The van der Waals surface area contributed by atoms with E-state index < -0.39 is 0 Å². The summed E-state index contributed by atoms with van der Waals surface area (Å²) in [7, 11) is 0. The number of hydrogen-bond acceptors (Lipinski definition) is 3. The number of aromatic nitrogens is 3. The van der Waals surface area contributed by atoms with Crippen LogP contribution in [-0.4, -0.2) is 20.7 Å². The summed E-state index contributed by atoms with van der Waals surface area (Å²) in [6.45, 7) is 0. The van der Waals surface area contributed by atoms with Crippen LogP contribution in [-0.2, 0) is 0 Å². The third-order valence-corrected chi connectivity index (χ3v) is 4.13. The molecule has 116 valence electrons. The molecule has 0 fully saturated rings. The maximum atomic E-state index is 12.8. The predicted molar refractivity (Wildman–Crippen MR) is 94.2 cm³/mol. The van der Waals surface area contributed by atoms with E-state index in [2.05, 4.69) is 15.0 Å². The Hall–Kier alpha value is -2.98. The highest BCUT2D eigenvalue weighted by Gasteiger charge is 2.15. The van der Waals surface area contributed by atoms with E-state index in [4.69, 9.17) is 11.6 Å². The number of carbonyl (C=O) groups excluding carboxylic acids is 1. The Labute approximate surface area is 143 Å². The third kappa shape index (κ3) is 2.57. The number of hydrogen-bond donors (Lipinski definition) is 1. The number of carbonyl (C=O) groups is 1. The first kappa shape index (κ1) is 14.6. The fraction of sp³-hybridized carbons (Fsp3) is 0. The van der Waals surface area contributed by atoms with Crippen molar-refractivity contribution in [1.29, 1.82) is 0 Å². The molecule has 0 bridgehead atoms. The first-order valence-electron chi connectivity index (χ1n) is 7.40. The summed E-state index contributed by atoms with van der Waals surface area (Å²) in [5, 5.41) is 1.39. The zero-order chi connectivity index (χ0) is 16.5. The van der Waals surface area contributed by atoms with Crippen molar-refractivity contribution in [2.45, 2.75) is 0 Å². The zero-order valence-corrected chi connectivity index (χ0v) is 13.3. The molecule has 0 radical (unpaired) electrons. The van der Waals surface area contributed by atoms with E-state index >= 15 is 0 Å². The maximum absolute atomic E-state index is 12.8. The number of aromatic amines is 1. The molecule has 4 aromatic rings. The highest BCUT2D eigenvalue weighted by atomic mass is 35.5. The Morgan fingerprint density at radius 1 is 1.04 bits per heavy atom. The van der Waals surface area contributed by atoms with Gasteiger partial charge < -0.3 is 4.98 Å². The van der Waals surface area contributed by atoms with Gasteiger partial charge in [0.25, 0.3) is 0 Å². The lowest BCUT2D eigenvalue weighted by molar-refractivity contribution is 0.104. The number of halogens is 1. The molecular formula is C19H12ClN3O. The van der Waals surface area contributed by atoms with Gasteiger partial charge in [-0.1, -0.05) is 17.7 Å². The van der Waals surface area contributed by atoms with Gasteiger partial charge in [0.2, 0.25) is 0 Å². The van der Waals surface area contributed by atoms with Gasteiger partial charge in [-0.25, -0.2) is 4.98 Å². The van der Waals surface area contributed by atoms with Crippen LogP contribution in [0, 0.1) is 0 Å². The minimum Gasteiger partial charge on any atom is -0.345 e. The zero-order valence-electron chi connectivity index (χ0n) is 12.5. The van der Waals surface area contributed by atoms with Gasteiger partial charge in [-0.05, 0) is 36.4 Å². The van der Waals surface area contributed by atoms with E-state index in [1.54, 1.807) is 49.1 Å². The lowest BCUT2D eigenvalue weighted by atomic mass is 10.0. The number of nitrogens with zero attached hydrogens (tertiary/aromatic N) is 2. The molecular weight excluding hydrogens is 322 g/mol. The van der Waals surface area contributed by atoms with Gasteiger partial charge in [-0.15, -0.1) is 0 Å². The first-order valence-corrected chi connectivity index (χ1v) is 7.78. The van der Waals surface area contributed by atoms with Crippen molar-refractivity contribution in [3.8, 4) is 11.1 Å². The first-order chi connectivity index (χ1) is 11.7. The average Bonchev–Trinajstić information content (AvgIpc) is 3.05. The monoisotopic (exact) mass is 333 g/mol. The van der Waals surface area contributed by atoms with Crippen molar-refractivity contribution >= 4 is 28.4 Å². The van der Waals surface area contributed by atoms with Gasteiger partial charge in [0.15, 0.2) is 5.78 Å². The van der Waals surface area contributed by atoms with E-state index in [1.165, 1.54) is 0 Å². The number of benzene rings is 1. The van der Waals surface area contributed by atoms with Crippen molar-refractivity contribution in [1.82, 2.24) is 15.0 Å². The van der Waals surface area contributed by atoms with E-state index in [0.29, 0.717) is 21.8 Å². The molecule has 4 rings (SSSR count). The van der Waals surface area contributed by atoms with Crippen molar-refractivity contribution in [3.63, 3.8) is 0 Å². The van der Waals surface area contributed by atoms with Gasteiger partial charge in [0.05, 0.1) is 0 Å². The normalized spacial score (nSPS) is 10.9. The molecule has 0 saturated carbocycles. The Bertz CT molecular complexity index is 1020. The molecule has 0 atom stereocenters. The summed E-state index contributed by atoms with van der Waals surface area (Å²) in [6.07, 6.45) is 6.96. The molecule has 0 aliphatic carbocycles. The van der Waals surface area contributed by atoms with Crippen molar-refractivity contribution < 1.29 is 4.79 Å². The smallest absolute Gasteiger partial charge is 0.195 e. The van der Waals surface area contributed by atoms with Gasteiger partial charge in [0.1, 0.15) is 5.65 Å². The van der Waals surface area contributed by atoms with Gasteiger partial charge in [-0.3, -0.25) is 9.78 Å². The molecule has 0 spiro atoms. The number of nitrogens with one attached hydrogen (secondary N) is 1. The van der Waals surface area contributed by atoms with Gasteiger partial charge in [0, 0.05) is 57.5 Å². The second-order valence-corrected chi connectivity index (χ2v) is 5.84. The molecule has 0 unspecified atom stereocenters. The molecule has 1 aromatic carbocycles. The average molecular weight is 334 g/mol. The number of H-pyrrole nitrogens is 1. The molecule has 0 aliphatic heterocycles. The summed E-state index contributed by atoms with van der Waals surface area (Å²) in [4.78, 5) is 24.4. The van der Waals surface area contributed by atoms with E-state index in [0.717, 1.165) is 16.5 Å². The Morgan fingerprint density at radius 3 is 2.62 bits per heavy atom. The number of pyridine rings is 2. The van der Waals surface area contributed by atoms with E-state index in [-0.39, 0.29) is 5.78 Å². The highest BCUT2D eigenvalue weighted by Crippen LogP contribution is 2.26. The SMILES string of the molecule is O=C(c1ccc(Cl)cc1)c1c[nH]c2ncc(-c3cccnc3)cc12. The molecule has 0 aliphatic rings. The second-order valence-electron chi connectivity index (χ2n) is 5.40. The standard InChI is InChI=1S/C19H12ClN3O/c20-15-5-3-12(4-6-15)18(24)17-11-23-19-16(17)8-14(10-22-19)13-2-1-7-21-9-13/h1-11H,(H,22,23). The van der Waals surface area contributed by atoms with Crippen LogP contribution in [0.15, 0.2) is 67.3 Å². The molecule has 5 heteroatoms. The summed E-state index contributed by atoms with van der Waals surface area (Å²) in [5.74, 6) is -0.0666. The summed E-state index contributed by atoms with van der Waals surface area (Å²) >= 11 is 5.89. The lowest BCUT2D eigenvalue weighted by Gasteiger charge is -2.03. The summed E-state index contributed by atoms with van der Waals surface area (Å²) < 4.78 is 0. The highest BCUT2D eigenvalue weighted by molar-refractivity contribution is 6.30. The third-order valence-electron chi connectivity index (χ3n) is 3.88. The topological polar surface area (TPSA) is 58.6 Å². The van der Waals surface area contributed by atoms with Crippen LogP contribution in [0.5, 0.6) is 0 Å². The second kappa shape index (κ2) is 5.91. The largest absolute Gasteiger partial charge is 0.345 e. The van der Waals surface area contributed by atoms with Gasteiger partial charge >= 0.3 is 0 Å². The molecule has 0 saturated heterocycles. The Balaban J connectivity index is 1.81. The van der Waals surface area contributed by atoms with Crippen molar-refractivity contribution in [2.75, 3.05) is 0 Å². The quantitative estimate of drug-likeness (QED) is 0.561. The molecule has 1 N–H and O–H groups in total. The fourth-order valence-corrected chi connectivity index (χ4v) is 2.77. The molecule has 4 nitrogen and oxygen atoms in total. The Kier molecular flexibility index (Phi) is 3.59. The molecule has 3 heterocycles. The van der Waals surface area contributed by atoms with Crippen LogP contribution in [0.1, 0.15) is 15.9 Å². The number of ketones is 1. The lowest BCUT2D eigenvalue weighted by Crippen LogP contribution is -2.00. The maximum Gasteiger partial charge on any atom is 0.195 e. The predicted octanol–water partition coefficient (Wildman–Crippen LogP) is 4.51. The Morgan fingerprint density at radius 2 is 1.88 bits per heavy atom. The summed E-state index contributed by atoms with van der Waals surface area (Å²) in [5.41, 5.74) is 3.73. The number of fused-ring (bicyclic) bond motifs is 1. The van der Waals surface area contributed by atoms with Crippen LogP contribution in [0.4, 0.5) is 0 Å². The van der Waals surface area contributed by atoms with E-state index in [9.17, 15) is 4.79 Å². The van der Waals surface area contributed by atoms with Gasteiger partial charge in [-0.2, -0.15) is 0 Å². The van der Waals surface area contributed by atoms with Crippen molar-refractivity contribution in [2.24, 2.45) is 0 Å². The van der Waals surface area contributed by atoms with E-state index in [1.807, 2.05) is 18.2 Å². The van der Waals surface area contributed by atoms with Crippen LogP contribution < -0.4 is 0 Å².